The van der Waals surface area contributed by atoms with Crippen LogP contribution < -0.4 is 5.56 Å². The molecule has 0 radical (unpaired) electrons. The quantitative estimate of drug-likeness (QED) is 0.724. The van der Waals surface area contributed by atoms with Gasteiger partial charge in [-0.15, -0.1) is 10.2 Å². The molecule has 0 amide bonds. The maximum Gasteiger partial charge on any atom is 0.262 e. The van der Waals surface area contributed by atoms with Crippen molar-refractivity contribution in [2.45, 2.75) is 26.3 Å². The van der Waals surface area contributed by atoms with E-state index in [1.807, 2.05) is 28.7 Å². The third kappa shape index (κ3) is 2.34. The van der Waals surface area contributed by atoms with Gasteiger partial charge >= 0.3 is 0 Å². The van der Waals surface area contributed by atoms with Gasteiger partial charge in [-0.1, -0.05) is 19.1 Å². The van der Waals surface area contributed by atoms with Crippen LogP contribution in [0.3, 0.4) is 0 Å². The van der Waals surface area contributed by atoms with Crippen molar-refractivity contribution in [3.63, 3.8) is 0 Å². The fraction of sp³-hybridized carbons (Fsp3) is 0.471. The average Bonchev–Trinajstić information content (AvgIpc) is 2.96. The zero-order valence-electron chi connectivity index (χ0n) is 13.6. The molecule has 1 aliphatic heterocycles. The van der Waals surface area contributed by atoms with E-state index in [0.29, 0.717) is 11.2 Å². The minimum Gasteiger partial charge on any atom is -0.296 e. The van der Waals surface area contributed by atoms with Crippen LogP contribution in [-0.4, -0.2) is 37.2 Å². The van der Waals surface area contributed by atoms with Gasteiger partial charge in [0, 0.05) is 13.6 Å². The van der Waals surface area contributed by atoms with Crippen molar-refractivity contribution in [2.24, 2.45) is 13.0 Å². The molecule has 0 aliphatic carbocycles. The van der Waals surface area contributed by atoms with Crippen LogP contribution in [0.4, 0.5) is 0 Å². The maximum atomic E-state index is 12.5. The smallest absolute Gasteiger partial charge is 0.262 e. The first-order valence-corrected chi connectivity index (χ1v) is 8.19. The van der Waals surface area contributed by atoms with Crippen LogP contribution in [0, 0.1) is 5.92 Å². The Morgan fingerprint density at radius 1 is 1.26 bits per heavy atom. The first-order chi connectivity index (χ1) is 11.1. The summed E-state index contributed by atoms with van der Waals surface area (Å²) in [7, 11) is 1.76. The zero-order chi connectivity index (χ0) is 16.0. The maximum absolute atomic E-state index is 12.5. The molecule has 0 N–H and O–H groups in total. The van der Waals surface area contributed by atoms with E-state index in [-0.39, 0.29) is 5.56 Å². The van der Waals surface area contributed by atoms with Gasteiger partial charge in [-0.05, 0) is 37.4 Å². The van der Waals surface area contributed by atoms with E-state index in [4.69, 9.17) is 0 Å². The molecule has 2 aromatic heterocycles. The molecule has 3 aromatic rings. The molecule has 23 heavy (non-hydrogen) atoms. The molecule has 1 fully saturated rings. The highest BCUT2D eigenvalue weighted by atomic mass is 16.1. The largest absolute Gasteiger partial charge is 0.296 e. The highest BCUT2D eigenvalue weighted by Gasteiger charge is 2.20. The van der Waals surface area contributed by atoms with Crippen molar-refractivity contribution in [3.8, 4) is 0 Å². The Morgan fingerprint density at radius 3 is 2.91 bits per heavy atom. The van der Waals surface area contributed by atoms with Crippen molar-refractivity contribution in [2.75, 3.05) is 13.1 Å². The van der Waals surface area contributed by atoms with Crippen molar-refractivity contribution < 1.29 is 0 Å². The summed E-state index contributed by atoms with van der Waals surface area (Å²) in [6, 6.07) is 7.68. The minimum absolute atomic E-state index is 0.0290. The van der Waals surface area contributed by atoms with Crippen molar-refractivity contribution >= 4 is 16.7 Å². The second-order valence-corrected chi connectivity index (χ2v) is 6.62. The monoisotopic (exact) mass is 311 g/mol. The second kappa shape index (κ2) is 5.45. The molecule has 4 rings (SSSR count). The van der Waals surface area contributed by atoms with Crippen molar-refractivity contribution in [1.82, 2.24) is 24.1 Å². The molecular formula is C17H21N5O. The van der Waals surface area contributed by atoms with Gasteiger partial charge < -0.3 is 0 Å². The van der Waals surface area contributed by atoms with Gasteiger partial charge in [-0.3, -0.25) is 18.7 Å². The molecule has 1 saturated heterocycles. The summed E-state index contributed by atoms with van der Waals surface area (Å²) in [5.74, 6) is 2.23. The molecular weight excluding hydrogens is 290 g/mol. The highest BCUT2D eigenvalue weighted by molar-refractivity contribution is 5.80. The summed E-state index contributed by atoms with van der Waals surface area (Å²) in [6.45, 7) is 5.27. The van der Waals surface area contributed by atoms with Gasteiger partial charge in [-0.25, -0.2) is 0 Å². The normalized spacial score (nSPS) is 19.7. The first-order valence-electron chi connectivity index (χ1n) is 8.19. The lowest BCUT2D eigenvalue weighted by Gasteiger charge is -2.30. The number of hydrogen-bond donors (Lipinski definition) is 0. The number of para-hydroxylation sites is 1. The van der Waals surface area contributed by atoms with E-state index in [1.165, 1.54) is 12.8 Å². The second-order valence-electron chi connectivity index (χ2n) is 6.62. The lowest BCUT2D eigenvalue weighted by Crippen LogP contribution is -2.34. The Balaban J connectivity index is 1.87. The Bertz CT molecular complexity index is 926. The molecule has 1 aromatic carbocycles. The molecule has 6 heteroatoms. The predicted molar refractivity (Wildman–Crippen MR) is 89.4 cm³/mol. The number of fused-ring (bicyclic) bond motifs is 3. The van der Waals surface area contributed by atoms with Crippen molar-refractivity contribution in [1.29, 1.82) is 0 Å². The number of aromatic nitrogens is 4. The van der Waals surface area contributed by atoms with E-state index in [1.54, 1.807) is 11.6 Å². The lowest BCUT2D eigenvalue weighted by atomic mass is 10.0. The third-order valence-corrected chi connectivity index (χ3v) is 4.80. The number of hydrogen-bond acceptors (Lipinski definition) is 4. The van der Waals surface area contributed by atoms with Gasteiger partial charge in [0.25, 0.3) is 5.56 Å². The molecule has 3 heterocycles. The fourth-order valence-electron chi connectivity index (χ4n) is 3.62. The van der Waals surface area contributed by atoms with Crippen LogP contribution in [0.1, 0.15) is 25.6 Å². The summed E-state index contributed by atoms with van der Waals surface area (Å²) in [4.78, 5) is 14.9. The Morgan fingerprint density at radius 2 is 2.09 bits per heavy atom. The zero-order valence-corrected chi connectivity index (χ0v) is 13.6. The van der Waals surface area contributed by atoms with E-state index in [0.717, 1.165) is 36.9 Å². The number of piperidine rings is 1. The van der Waals surface area contributed by atoms with Crippen molar-refractivity contribution in [3.05, 3.63) is 40.4 Å². The van der Waals surface area contributed by atoms with Crippen LogP contribution in [0.2, 0.25) is 0 Å². The Kier molecular flexibility index (Phi) is 3.41. The van der Waals surface area contributed by atoms with Crippen LogP contribution in [0.25, 0.3) is 16.7 Å². The van der Waals surface area contributed by atoms with Crippen LogP contribution >= 0.6 is 0 Å². The molecule has 1 atom stereocenters. The number of nitrogens with zero attached hydrogens (tertiary/aromatic N) is 5. The molecule has 0 spiro atoms. The molecule has 120 valence electrons. The molecule has 0 bridgehead atoms. The number of aryl methyl sites for hydroxylation is 1. The van der Waals surface area contributed by atoms with Gasteiger partial charge in [0.1, 0.15) is 0 Å². The summed E-state index contributed by atoms with van der Waals surface area (Å²) in [5, 5.41) is 9.35. The van der Waals surface area contributed by atoms with E-state index >= 15 is 0 Å². The summed E-state index contributed by atoms with van der Waals surface area (Å²) in [6.07, 6.45) is 2.53. The predicted octanol–water partition coefficient (Wildman–Crippen LogP) is 1.81. The summed E-state index contributed by atoms with van der Waals surface area (Å²) in [5.41, 5.74) is 0.856. The minimum atomic E-state index is -0.0290. The van der Waals surface area contributed by atoms with Crippen LogP contribution in [0.15, 0.2) is 29.1 Å². The Labute approximate surface area is 134 Å². The molecule has 0 saturated carbocycles. The summed E-state index contributed by atoms with van der Waals surface area (Å²) < 4.78 is 3.60. The fourth-order valence-corrected chi connectivity index (χ4v) is 3.62. The number of rotatable bonds is 2. The average molecular weight is 311 g/mol. The molecule has 6 nitrogen and oxygen atoms in total. The number of likely N-dealkylation sites (tertiary alicyclic amines) is 1. The van der Waals surface area contributed by atoms with Gasteiger partial charge in [0.2, 0.25) is 5.78 Å². The SMILES string of the molecule is CC1CCCN(Cc2nnc3n(C)c(=O)c4ccccc4n23)C1. The van der Waals surface area contributed by atoms with Gasteiger partial charge in [-0.2, -0.15) is 0 Å². The van der Waals surface area contributed by atoms with Crippen LogP contribution in [0.5, 0.6) is 0 Å². The van der Waals surface area contributed by atoms with Gasteiger partial charge in [0.05, 0.1) is 17.4 Å². The lowest BCUT2D eigenvalue weighted by molar-refractivity contribution is 0.172. The third-order valence-electron chi connectivity index (χ3n) is 4.80. The van der Waals surface area contributed by atoms with E-state index in [9.17, 15) is 4.79 Å². The van der Waals surface area contributed by atoms with E-state index < -0.39 is 0 Å². The topological polar surface area (TPSA) is 55.4 Å². The first kappa shape index (κ1) is 14.4. The highest BCUT2D eigenvalue weighted by Crippen LogP contribution is 2.19. The standard InChI is InChI=1S/C17H21N5O/c1-12-6-5-9-21(10-12)11-15-18-19-17-20(2)16(23)13-7-3-4-8-14(13)22(15)17/h3-4,7-8,12H,5-6,9-11H2,1-2H3. The van der Waals surface area contributed by atoms with Gasteiger partial charge in [0.15, 0.2) is 5.82 Å². The van der Waals surface area contributed by atoms with Crippen LogP contribution in [-0.2, 0) is 13.6 Å². The Hall–Kier alpha value is -2.21. The molecule has 1 aliphatic rings. The number of benzene rings is 1. The van der Waals surface area contributed by atoms with E-state index in [2.05, 4.69) is 22.0 Å². The molecule has 1 unspecified atom stereocenters. The summed E-state index contributed by atoms with van der Waals surface area (Å²) >= 11 is 0.